The van der Waals surface area contributed by atoms with Crippen LogP contribution in [0.1, 0.15) is 17.8 Å². The summed E-state index contributed by atoms with van der Waals surface area (Å²) in [6, 6.07) is 1.68. The molecule has 1 heterocycles. The van der Waals surface area contributed by atoms with Crippen LogP contribution < -0.4 is 5.73 Å². The number of nitrogens with zero attached hydrogens (tertiary/aromatic N) is 2. The van der Waals surface area contributed by atoms with Crippen molar-refractivity contribution in [1.29, 1.82) is 0 Å². The van der Waals surface area contributed by atoms with E-state index in [9.17, 15) is 13.2 Å². The second-order valence-corrected chi connectivity index (χ2v) is 4.32. The highest BCUT2D eigenvalue weighted by atomic mass is 19.4. The number of nitrogens with two attached hydrogens (primary N) is 1. The molecule has 0 aromatic carbocycles. The summed E-state index contributed by atoms with van der Waals surface area (Å²) in [6.07, 6.45) is -3.31. The van der Waals surface area contributed by atoms with Gasteiger partial charge in [0.05, 0.1) is 5.69 Å². The molecule has 0 fully saturated rings. The quantitative estimate of drug-likeness (QED) is 0.794. The van der Waals surface area contributed by atoms with Crippen molar-refractivity contribution in [3.8, 4) is 0 Å². The third-order valence-electron chi connectivity index (χ3n) is 2.47. The summed E-state index contributed by atoms with van der Waals surface area (Å²) in [6.45, 7) is 0.670. The van der Waals surface area contributed by atoms with Gasteiger partial charge in [-0.15, -0.1) is 0 Å². The number of hydrogen-bond acceptors (Lipinski definition) is 3. The van der Waals surface area contributed by atoms with E-state index in [0.29, 0.717) is 12.8 Å². The summed E-state index contributed by atoms with van der Waals surface area (Å²) < 4.78 is 41.7. The van der Waals surface area contributed by atoms with Crippen LogP contribution in [0.5, 0.6) is 0 Å². The number of aryl methyl sites for hydroxylation is 2. The maximum absolute atomic E-state index is 11.8. The van der Waals surface area contributed by atoms with Crippen LogP contribution in [-0.4, -0.2) is 35.2 Å². The normalized spacial score (nSPS) is 13.9. The standard InChI is InChI=1S/C11H18F3N3O/c1-8-5-10(17(2)16-8)6-9(15)3-4-18-7-11(12,13)14/h5,9H,3-4,6-7,15H2,1-2H3. The lowest BCUT2D eigenvalue weighted by Gasteiger charge is -2.12. The minimum Gasteiger partial charge on any atom is -0.372 e. The molecule has 0 spiro atoms. The molecule has 0 aliphatic heterocycles. The minimum absolute atomic E-state index is 0.0114. The lowest BCUT2D eigenvalue weighted by Crippen LogP contribution is -2.27. The Morgan fingerprint density at radius 2 is 2.17 bits per heavy atom. The van der Waals surface area contributed by atoms with E-state index in [1.54, 1.807) is 4.68 Å². The Kier molecular flexibility index (Phi) is 5.15. The molecule has 1 unspecified atom stereocenters. The van der Waals surface area contributed by atoms with Gasteiger partial charge in [-0.2, -0.15) is 18.3 Å². The van der Waals surface area contributed by atoms with E-state index in [0.717, 1.165) is 11.4 Å². The predicted octanol–water partition coefficient (Wildman–Crippen LogP) is 1.57. The molecular formula is C11H18F3N3O. The highest BCUT2D eigenvalue weighted by molar-refractivity contribution is 5.09. The molecule has 0 amide bonds. The molecule has 0 saturated carbocycles. The molecule has 7 heteroatoms. The molecule has 0 saturated heterocycles. The molecule has 104 valence electrons. The summed E-state index contributed by atoms with van der Waals surface area (Å²) in [5, 5.41) is 4.17. The summed E-state index contributed by atoms with van der Waals surface area (Å²) in [7, 11) is 1.81. The van der Waals surface area contributed by atoms with Crippen molar-refractivity contribution < 1.29 is 17.9 Å². The first kappa shape index (κ1) is 15.0. The lowest BCUT2D eigenvalue weighted by molar-refractivity contribution is -0.174. The van der Waals surface area contributed by atoms with Gasteiger partial charge in [-0.1, -0.05) is 0 Å². The van der Waals surface area contributed by atoms with Gasteiger partial charge in [0.1, 0.15) is 6.61 Å². The highest BCUT2D eigenvalue weighted by Gasteiger charge is 2.27. The average molecular weight is 265 g/mol. The second kappa shape index (κ2) is 6.19. The van der Waals surface area contributed by atoms with E-state index in [1.807, 2.05) is 20.0 Å². The third-order valence-corrected chi connectivity index (χ3v) is 2.47. The van der Waals surface area contributed by atoms with Gasteiger partial charge in [-0.3, -0.25) is 4.68 Å². The third kappa shape index (κ3) is 5.50. The van der Waals surface area contributed by atoms with Crippen molar-refractivity contribution in [2.75, 3.05) is 13.2 Å². The van der Waals surface area contributed by atoms with Gasteiger partial charge in [-0.25, -0.2) is 0 Å². The van der Waals surface area contributed by atoms with Crippen LogP contribution in [0.3, 0.4) is 0 Å². The fraction of sp³-hybridized carbons (Fsp3) is 0.727. The van der Waals surface area contributed by atoms with Crippen LogP contribution in [0, 0.1) is 6.92 Å². The number of ether oxygens (including phenoxy) is 1. The first-order valence-electron chi connectivity index (χ1n) is 5.67. The Hall–Kier alpha value is -1.08. The molecule has 1 aromatic heterocycles. The SMILES string of the molecule is Cc1cc(CC(N)CCOCC(F)(F)F)n(C)n1. The molecule has 0 bridgehead atoms. The molecule has 1 rings (SSSR count). The maximum atomic E-state index is 11.8. The summed E-state index contributed by atoms with van der Waals surface area (Å²) in [5.74, 6) is 0. The van der Waals surface area contributed by atoms with Gasteiger partial charge in [-0.05, 0) is 19.4 Å². The topological polar surface area (TPSA) is 53.1 Å². The molecule has 18 heavy (non-hydrogen) atoms. The van der Waals surface area contributed by atoms with Crippen molar-refractivity contribution in [2.45, 2.75) is 32.0 Å². The van der Waals surface area contributed by atoms with Crippen LogP contribution in [-0.2, 0) is 18.2 Å². The Labute approximate surface area is 104 Å². The van der Waals surface area contributed by atoms with E-state index >= 15 is 0 Å². The number of halogens is 3. The van der Waals surface area contributed by atoms with E-state index in [-0.39, 0.29) is 12.6 Å². The fourth-order valence-corrected chi connectivity index (χ4v) is 1.65. The van der Waals surface area contributed by atoms with Gasteiger partial charge < -0.3 is 10.5 Å². The predicted molar refractivity (Wildman–Crippen MR) is 61.1 cm³/mol. The Morgan fingerprint density at radius 1 is 1.50 bits per heavy atom. The zero-order chi connectivity index (χ0) is 13.8. The molecular weight excluding hydrogens is 247 g/mol. The van der Waals surface area contributed by atoms with Crippen molar-refractivity contribution in [1.82, 2.24) is 9.78 Å². The smallest absolute Gasteiger partial charge is 0.372 e. The van der Waals surface area contributed by atoms with Crippen molar-refractivity contribution >= 4 is 0 Å². The molecule has 4 nitrogen and oxygen atoms in total. The Bertz CT molecular complexity index is 376. The van der Waals surface area contributed by atoms with Crippen LogP contribution in [0.4, 0.5) is 13.2 Å². The van der Waals surface area contributed by atoms with Crippen LogP contribution in [0.2, 0.25) is 0 Å². The van der Waals surface area contributed by atoms with Crippen molar-refractivity contribution in [3.63, 3.8) is 0 Å². The number of alkyl halides is 3. The van der Waals surface area contributed by atoms with Gasteiger partial charge in [0.25, 0.3) is 0 Å². The molecule has 0 aliphatic carbocycles. The summed E-state index contributed by atoms with van der Waals surface area (Å²) >= 11 is 0. The van der Waals surface area contributed by atoms with Gasteiger partial charge in [0.2, 0.25) is 0 Å². The van der Waals surface area contributed by atoms with Crippen LogP contribution in [0.25, 0.3) is 0 Å². The first-order valence-corrected chi connectivity index (χ1v) is 5.67. The zero-order valence-electron chi connectivity index (χ0n) is 10.5. The van der Waals surface area contributed by atoms with E-state index in [2.05, 4.69) is 9.84 Å². The molecule has 1 atom stereocenters. The van der Waals surface area contributed by atoms with Gasteiger partial charge in [0.15, 0.2) is 0 Å². The van der Waals surface area contributed by atoms with Crippen molar-refractivity contribution in [3.05, 3.63) is 17.5 Å². The first-order chi connectivity index (χ1) is 8.28. The summed E-state index contributed by atoms with van der Waals surface area (Å²) in [5.41, 5.74) is 7.70. The minimum atomic E-state index is -4.27. The zero-order valence-corrected chi connectivity index (χ0v) is 10.5. The molecule has 2 N–H and O–H groups in total. The average Bonchev–Trinajstić information content (AvgIpc) is 2.51. The largest absolute Gasteiger partial charge is 0.411 e. The van der Waals surface area contributed by atoms with E-state index in [1.165, 1.54) is 0 Å². The Balaban J connectivity index is 2.26. The lowest BCUT2D eigenvalue weighted by atomic mass is 10.1. The fourth-order valence-electron chi connectivity index (χ4n) is 1.65. The Morgan fingerprint density at radius 3 is 2.67 bits per heavy atom. The van der Waals surface area contributed by atoms with Crippen LogP contribution in [0.15, 0.2) is 6.07 Å². The highest BCUT2D eigenvalue weighted by Crippen LogP contribution is 2.14. The molecule has 1 aromatic rings. The monoisotopic (exact) mass is 265 g/mol. The maximum Gasteiger partial charge on any atom is 0.411 e. The van der Waals surface area contributed by atoms with E-state index < -0.39 is 12.8 Å². The van der Waals surface area contributed by atoms with Gasteiger partial charge >= 0.3 is 6.18 Å². The summed E-state index contributed by atoms with van der Waals surface area (Å²) in [4.78, 5) is 0. The van der Waals surface area contributed by atoms with E-state index in [4.69, 9.17) is 5.73 Å². The number of hydrogen-bond donors (Lipinski definition) is 1. The molecule has 0 aliphatic rings. The second-order valence-electron chi connectivity index (χ2n) is 4.32. The number of rotatable bonds is 6. The number of aromatic nitrogens is 2. The molecule has 0 radical (unpaired) electrons. The van der Waals surface area contributed by atoms with Crippen molar-refractivity contribution in [2.24, 2.45) is 12.8 Å². The van der Waals surface area contributed by atoms with Gasteiger partial charge in [0, 0.05) is 31.8 Å². The van der Waals surface area contributed by atoms with Crippen LogP contribution >= 0.6 is 0 Å².